The third kappa shape index (κ3) is 1.69. The molecule has 2 radical (unpaired) electrons. The third-order valence-electron chi connectivity index (χ3n) is 3.80. The fourth-order valence-corrected chi connectivity index (χ4v) is 2.94. The van der Waals surface area contributed by atoms with Crippen molar-refractivity contribution in [1.82, 2.24) is 4.90 Å². The van der Waals surface area contributed by atoms with Crippen LogP contribution in [-0.2, 0) is 12.8 Å². The molecule has 0 N–H and O–H groups in total. The molecule has 0 aromatic heterocycles. The van der Waals surface area contributed by atoms with Gasteiger partial charge in [0.15, 0.2) is 0 Å². The van der Waals surface area contributed by atoms with Gasteiger partial charge in [-0.25, -0.2) is 0 Å². The zero-order valence-corrected chi connectivity index (χ0v) is 9.02. The van der Waals surface area contributed by atoms with Gasteiger partial charge in [0.25, 0.3) is 0 Å². The highest BCUT2D eigenvalue weighted by molar-refractivity contribution is 5.33. The van der Waals surface area contributed by atoms with Gasteiger partial charge >= 0.3 is 0 Å². The summed E-state index contributed by atoms with van der Waals surface area (Å²) in [6.45, 7) is 8.25. The van der Waals surface area contributed by atoms with Crippen molar-refractivity contribution < 1.29 is 0 Å². The lowest BCUT2D eigenvalue weighted by Gasteiger charge is -2.23. The standard InChI is InChI=1S/C14H17N/c1-11-6-7-15(10-11)14-8-12-4-2-3-5-13(12)9-14/h1-5,11,14H,6-10H2. The quantitative estimate of drug-likeness (QED) is 0.670. The summed E-state index contributed by atoms with van der Waals surface area (Å²) in [5, 5.41) is 0. The number of likely N-dealkylation sites (tertiary alicyclic amines) is 1. The maximum Gasteiger partial charge on any atom is 0.0176 e. The molecule has 1 atom stereocenters. The van der Waals surface area contributed by atoms with E-state index in [4.69, 9.17) is 6.92 Å². The topological polar surface area (TPSA) is 3.24 Å². The van der Waals surface area contributed by atoms with Crippen LogP contribution in [0.15, 0.2) is 24.3 Å². The summed E-state index contributed by atoms with van der Waals surface area (Å²) in [7, 11) is 0. The molecule has 1 saturated heterocycles. The second kappa shape index (κ2) is 3.64. The van der Waals surface area contributed by atoms with E-state index in [1.165, 1.54) is 25.8 Å². The molecule has 1 fully saturated rings. The monoisotopic (exact) mass is 199 g/mol. The Hall–Kier alpha value is -0.820. The predicted octanol–water partition coefficient (Wildman–Crippen LogP) is 2.19. The van der Waals surface area contributed by atoms with Crippen LogP contribution in [-0.4, -0.2) is 24.0 Å². The van der Waals surface area contributed by atoms with Crippen molar-refractivity contribution >= 4 is 0 Å². The molecule has 1 aromatic carbocycles. The van der Waals surface area contributed by atoms with Crippen LogP contribution in [0.2, 0.25) is 0 Å². The zero-order chi connectivity index (χ0) is 10.3. The molecule has 0 bridgehead atoms. The molecule has 1 aliphatic heterocycles. The van der Waals surface area contributed by atoms with Gasteiger partial charge in [0, 0.05) is 12.6 Å². The molecule has 1 heterocycles. The van der Waals surface area contributed by atoms with Crippen molar-refractivity contribution in [3.8, 4) is 0 Å². The van der Waals surface area contributed by atoms with E-state index in [0.717, 1.165) is 12.6 Å². The van der Waals surface area contributed by atoms with E-state index in [0.29, 0.717) is 5.92 Å². The van der Waals surface area contributed by atoms with Crippen LogP contribution in [0.1, 0.15) is 17.5 Å². The van der Waals surface area contributed by atoms with E-state index in [2.05, 4.69) is 29.2 Å². The Morgan fingerprint density at radius 3 is 2.33 bits per heavy atom. The van der Waals surface area contributed by atoms with E-state index >= 15 is 0 Å². The fourth-order valence-electron chi connectivity index (χ4n) is 2.94. The summed E-state index contributed by atoms with van der Waals surface area (Å²) in [5.41, 5.74) is 3.09. The molecule has 2 aliphatic rings. The molecular weight excluding hydrogens is 182 g/mol. The van der Waals surface area contributed by atoms with Crippen molar-refractivity contribution in [2.75, 3.05) is 13.1 Å². The number of benzene rings is 1. The minimum absolute atomic E-state index is 0.411. The first-order chi connectivity index (χ1) is 7.33. The van der Waals surface area contributed by atoms with Gasteiger partial charge in [0.1, 0.15) is 0 Å². The maximum absolute atomic E-state index is 5.96. The zero-order valence-electron chi connectivity index (χ0n) is 9.02. The van der Waals surface area contributed by atoms with Gasteiger partial charge in [-0.1, -0.05) is 24.3 Å². The summed E-state index contributed by atoms with van der Waals surface area (Å²) < 4.78 is 0. The minimum Gasteiger partial charge on any atom is -0.299 e. The first-order valence-electron chi connectivity index (χ1n) is 5.89. The highest BCUT2D eigenvalue weighted by atomic mass is 15.2. The summed E-state index contributed by atoms with van der Waals surface area (Å²) in [6, 6.07) is 9.56. The van der Waals surface area contributed by atoms with Gasteiger partial charge in [0.05, 0.1) is 0 Å². The Morgan fingerprint density at radius 1 is 1.13 bits per heavy atom. The Labute approximate surface area is 92.1 Å². The number of hydrogen-bond donors (Lipinski definition) is 0. The van der Waals surface area contributed by atoms with E-state index in [1.54, 1.807) is 11.1 Å². The second-order valence-corrected chi connectivity index (χ2v) is 4.87. The average Bonchev–Trinajstić information content (AvgIpc) is 2.82. The van der Waals surface area contributed by atoms with Gasteiger partial charge in [-0.05, 0) is 49.8 Å². The lowest BCUT2D eigenvalue weighted by Crippen LogP contribution is -2.33. The summed E-state index contributed by atoms with van der Waals surface area (Å²) in [6.07, 6.45) is 3.62. The van der Waals surface area contributed by atoms with Crippen LogP contribution in [0.4, 0.5) is 0 Å². The molecule has 1 aliphatic carbocycles. The highest BCUT2D eigenvalue weighted by Crippen LogP contribution is 2.28. The molecular formula is C14H17N. The molecule has 78 valence electrons. The molecule has 0 saturated carbocycles. The van der Waals surface area contributed by atoms with Crippen molar-refractivity contribution in [2.45, 2.75) is 25.3 Å². The van der Waals surface area contributed by atoms with Gasteiger partial charge in [-0.2, -0.15) is 0 Å². The number of hydrogen-bond acceptors (Lipinski definition) is 1. The lowest BCUT2D eigenvalue weighted by molar-refractivity contribution is 0.245. The predicted molar refractivity (Wildman–Crippen MR) is 61.6 cm³/mol. The SMILES string of the molecule is [CH]C1CCN(C2Cc3ccccc3C2)C1. The molecule has 1 nitrogen and oxygen atoms in total. The second-order valence-electron chi connectivity index (χ2n) is 4.87. The van der Waals surface area contributed by atoms with Gasteiger partial charge in [-0.15, -0.1) is 0 Å². The van der Waals surface area contributed by atoms with Crippen LogP contribution >= 0.6 is 0 Å². The summed E-state index contributed by atoms with van der Waals surface area (Å²) >= 11 is 0. The highest BCUT2D eigenvalue weighted by Gasteiger charge is 2.30. The van der Waals surface area contributed by atoms with Crippen molar-refractivity contribution in [3.05, 3.63) is 42.3 Å². The van der Waals surface area contributed by atoms with Crippen molar-refractivity contribution in [1.29, 1.82) is 0 Å². The third-order valence-corrected chi connectivity index (χ3v) is 3.80. The first kappa shape index (κ1) is 9.41. The molecule has 1 unspecified atom stereocenters. The maximum atomic E-state index is 5.96. The van der Waals surface area contributed by atoms with Crippen LogP contribution in [0.25, 0.3) is 0 Å². The largest absolute Gasteiger partial charge is 0.299 e. The first-order valence-corrected chi connectivity index (χ1v) is 5.89. The van der Waals surface area contributed by atoms with Crippen LogP contribution in [0, 0.1) is 12.8 Å². The minimum atomic E-state index is 0.411. The normalized spacial score (nSPS) is 27.1. The van der Waals surface area contributed by atoms with Gasteiger partial charge in [0.2, 0.25) is 0 Å². The number of fused-ring (bicyclic) bond motifs is 1. The number of nitrogens with zero attached hydrogens (tertiary/aromatic N) is 1. The molecule has 1 aromatic rings. The molecule has 1 heteroatoms. The Balaban J connectivity index is 1.73. The van der Waals surface area contributed by atoms with Crippen molar-refractivity contribution in [3.63, 3.8) is 0 Å². The number of rotatable bonds is 1. The molecule has 3 rings (SSSR count). The van der Waals surface area contributed by atoms with Crippen LogP contribution < -0.4 is 0 Å². The van der Waals surface area contributed by atoms with Crippen molar-refractivity contribution in [2.24, 2.45) is 5.92 Å². The van der Waals surface area contributed by atoms with Crippen LogP contribution in [0.3, 0.4) is 0 Å². The Morgan fingerprint density at radius 2 is 1.80 bits per heavy atom. The molecule has 15 heavy (non-hydrogen) atoms. The van der Waals surface area contributed by atoms with E-state index in [9.17, 15) is 0 Å². The Kier molecular flexibility index (Phi) is 2.28. The van der Waals surface area contributed by atoms with Crippen LogP contribution in [0.5, 0.6) is 0 Å². The van der Waals surface area contributed by atoms with E-state index in [1.807, 2.05) is 0 Å². The lowest BCUT2D eigenvalue weighted by atomic mass is 10.1. The van der Waals surface area contributed by atoms with Gasteiger partial charge < -0.3 is 0 Å². The summed E-state index contributed by atoms with van der Waals surface area (Å²) in [4.78, 5) is 2.57. The molecule has 0 amide bonds. The van der Waals surface area contributed by atoms with E-state index < -0.39 is 0 Å². The van der Waals surface area contributed by atoms with Gasteiger partial charge in [-0.3, -0.25) is 4.90 Å². The van der Waals surface area contributed by atoms with E-state index in [-0.39, 0.29) is 0 Å². The fraction of sp³-hybridized carbons (Fsp3) is 0.500. The Bertz CT molecular complexity index is 333. The summed E-state index contributed by atoms with van der Waals surface area (Å²) in [5.74, 6) is 0.411. The smallest absolute Gasteiger partial charge is 0.0176 e. The molecule has 0 spiro atoms. The average molecular weight is 199 g/mol.